The molecule has 0 aliphatic heterocycles. The van der Waals surface area contributed by atoms with Gasteiger partial charge in [0.1, 0.15) is 0 Å². The van der Waals surface area contributed by atoms with E-state index in [0.29, 0.717) is 0 Å². The molecule has 0 saturated heterocycles. The van der Waals surface area contributed by atoms with E-state index in [9.17, 15) is 4.79 Å². The van der Waals surface area contributed by atoms with Gasteiger partial charge in [0.15, 0.2) is 0 Å². The van der Waals surface area contributed by atoms with E-state index in [1.54, 1.807) is 11.8 Å². The van der Waals surface area contributed by atoms with Gasteiger partial charge in [-0.3, -0.25) is 4.79 Å². The number of benzene rings is 3. The molecule has 0 spiro atoms. The minimum absolute atomic E-state index is 0.0395. The fourth-order valence-corrected chi connectivity index (χ4v) is 3.91. The molecule has 0 heterocycles. The van der Waals surface area contributed by atoms with Crippen LogP contribution in [0.5, 0.6) is 0 Å². The van der Waals surface area contributed by atoms with Gasteiger partial charge in [-0.1, -0.05) is 72.3 Å². The van der Waals surface area contributed by atoms with Crippen LogP contribution >= 0.6 is 11.8 Å². The van der Waals surface area contributed by atoms with Crippen molar-refractivity contribution < 1.29 is 4.79 Å². The SMILES string of the molecule is Cc1ccc(S[C@@H](C)C(=O)N[C@H](c2ccccc2)c2ccccc2C)cc1. The molecule has 0 aliphatic carbocycles. The van der Waals surface area contributed by atoms with E-state index >= 15 is 0 Å². The number of rotatable bonds is 6. The molecular formula is C24H25NOS. The Bertz CT molecular complexity index is 890. The van der Waals surface area contributed by atoms with Gasteiger partial charge in [0, 0.05) is 4.90 Å². The normalized spacial score (nSPS) is 13.0. The monoisotopic (exact) mass is 375 g/mol. The van der Waals surface area contributed by atoms with Crippen LogP contribution in [-0.4, -0.2) is 11.2 Å². The summed E-state index contributed by atoms with van der Waals surface area (Å²) in [5.41, 5.74) is 4.61. The first-order chi connectivity index (χ1) is 13.0. The summed E-state index contributed by atoms with van der Waals surface area (Å²) in [6.07, 6.45) is 0. The van der Waals surface area contributed by atoms with Gasteiger partial charge in [-0.2, -0.15) is 0 Å². The van der Waals surface area contributed by atoms with Crippen LogP contribution in [0.15, 0.2) is 83.8 Å². The van der Waals surface area contributed by atoms with Crippen LogP contribution in [-0.2, 0) is 4.79 Å². The predicted octanol–water partition coefficient (Wildman–Crippen LogP) is 5.69. The molecule has 27 heavy (non-hydrogen) atoms. The van der Waals surface area contributed by atoms with Crippen LogP contribution in [0.1, 0.15) is 35.2 Å². The van der Waals surface area contributed by atoms with E-state index < -0.39 is 0 Å². The van der Waals surface area contributed by atoms with Gasteiger partial charge in [0.05, 0.1) is 11.3 Å². The zero-order valence-electron chi connectivity index (χ0n) is 16.0. The highest BCUT2D eigenvalue weighted by Crippen LogP contribution is 2.27. The zero-order chi connectivity index (χ0) is 19.2. The Morgan fingerprint density at radius 2 is 1.48 bits per heavy atom. The molecule has 3 heteroatoms. The Labute approximate surface area is 166 Å². The topological polar surface area (TPSA) is 29.1 Å². The summed E-state index contributed by atoms with van der Waals surface area (Å²) >= 11 is 1.58. The number of aryl methyl sites for hydroxylation is 2. The molecule has 1 amide bonds. The lowest BCUT2D eigenvalue weighted by Gasteiger charge is -2.23. The van der Waals surface area contributed by atoms with Crippen molar-refractivity contribution in [3.63, 3.8) is 0 Å². The zero-order valence-corrected chi connectivity index (χ0v) is 16.8. The van der Waals surface area contributed by atoms with Crippen molar-refractivity contribution in [3.05, 3.63) is 101 Å². The molecule has 0 unspecified atom stereocenters. The van der Waals surface area contributed by atoms with Crippen LogP contribution in [0.4, 0.5) is 0 Å². The minimum Gasteiger partial charge on any atom is -0.344 e. The number of carbonyl (C=O) groups excluding carboxylic acids is 1. The van der Waals surface area contributed by atoms with Crippen LogP contribution in [0.2, 0.25) is 0 Å². The molecule has 0 aliphatic rings. The molecule has 0 aromatic heterocycles. The van der Waals surface area contributed by atoms with E-state index in [2.05, 4.69) is 67.7 Å². The number of nitrogens with one attached hydrogen (secondary N) is 1. The quantitative estimate of drug-likeness (QED) is 0.561. The van der Waals surface area contributed by atoms with E-state index in [1.165, 1.54) is 11.1 Å². The highest BCUT2D eigenvalue weighted by Gasteiger charge is 2.22. The largest absolute Gasteiger partial charge is 0.344 e. The van der Waals surface area contributed by atoms with E-state index in [1.807, 2.05) is 37.3 Å². The van der Waals surface area contributed by atoms with Crippen LogP contribution in [0.3, 0.4) is 0 Å². The Morgan fingerprint density at radius 3 is 2.15 bits per heavy atom. The Kier molecular flexibility index (Phi) is 6.36. The van der Waals surface area contributed by atoms with E-state index in [0.717, 1.165) is 16.0 Å². The van der Waals surface area contributed by atoms with Crippen LogP contribution in [0.25, 0.3) is 0 Å². The summed E-state index contributed by atoms with van der Waals surface area (Å²) in [5, 5.41) is 3.08. The molecule has 2 nitrogen and oxygen atoms in total. The second kappa shape index (κ2) is 8.92. The van der Waals surface area contributed by atoms with Gasteiger partial charge in [-0.25, -0.2) is 0 Å². The highest BCUT2D eigenvalue weighted by atomic mass is 32.2. The molecule has 3 rings (SSSR count). The molecule has 0 radical (unpaired) electrons. The highest BCUT2D eigenvalue weighted by molar-refractivity contribution is 8.00. The molecule has 0 bridgehead atoms. The van der Waals surface area contributed by atoms with Crippen LogP contribution in [0, 0.1) is 13.8 Å². The minimum atomic E-state index is -0.178. The molecule has 3 aromatic rings. The third kappa shape index (κ3) is 5.01. The molecular weight excluding hydrogens is 350 g/mol. The van der Waals surface area contributed by atoms with E-state index in [4.69, 9.17) is 0 Å². The summed E-state index contributed by atoms with van der Waals surface area (Å²) in [6.45, 7) is 6.11. The fourth-order valence-electron chi connectivity index (χ4n) is 3.03. The van der Waals surface area contributed by atoms with Crippen molar-refractivity contribution in [1.82, 2.24) is 5.32 Å². The van der Waals surface area contributed by atoms with Gasteiger partial charge in [0.25, 0.3) is 0 Å². The summed E-state index contributed by atoms with van der Waals surface area (Å²) < 4.78 is 0. The van der Waals surface area contributed by atoms with Crippen molar-refractivity contribution in [2.75, 3.05) is 0 Å². The Hall–Kier alpha value is -2.52. The maximum absolute atomic E-state index is 13.0. The summed E-state index contributed by atoms with van der Waals surface area (Å²) in [4.78, 5) is 14.1. The predicted molar refractivity (Wildman–Crippen MR) is 114 cm³/mol. The summed E-state index contributed by atoms with van der Waals surface area (Å²) in [7, 11) is 0. The first-order valence-electron chi connectivity index (χ1n) is 9.19. The maximum atomic E-state index is 13.0. The van der Waals surface area contributed by atoms with Crippen LogP contribution < -0.4 is 5.32 Å². The van der Waals surface area contributed by atoms with Gasteiger partial charge in [0.2, 0.25) is 5.91 Å². The summed E-state index contributed by atoms with van der Waals surface area (Å²) in [6, 6.07) is 26.5. The Balaban J connectivity index is 1.80. The molecule has 3 aromatic carbocycles. The first-order valence-corrected chi connectivity index (χ1v) is 10.1. The number of hydrogen-bond donors (Lipinski definition) is 1. The lowest BCUT2D eigenvalue weighted by atomic mass is 9.95. The lowest BCUT2D eigenvalue weighted by molar-refractivity contribution is -0.120. The standard InChI is InChI=1S/C24H25NOS/c1-17-13-15-21(16-14-17)27-19(3)24(26)25-23(20-10-5-4-6-11-20)22-12-8-7-9-18(22)2/h4-16,19,23H,1-3H3,(H,25,26)/t19-,23+/m0/s1. The maximum Gasteiger partial charge on any atom is 0.233 e. The number of amides is 1. The average molecular weight is 376 g/mol. The molecule has 0 fully saturated rings. The van der Waals surface area contributed by atoms with Crippen molar-refractivity contribution in [2.45, 2.75) is 37.0 Å². The lowest BCUT2D eigenvalue weighted by Crippen LogP contribution is -2.35. The van der Waals surface area contributed by atoms with Crippen molar-refractivity contribution in [1.29, 1.82) is 0 Å². The number of hydrogen-bond acceptors (Lipinski definition) is 2. The van der Waals surface area contributed by atoms with Gasteiger partial charge in [-0.05, 0) is 49.6 Å². The van der Waals surface area contributed by atoms with Gasteiger partial charge < -0.3 is 5.32 Å². The Morgan fingerprint density at radius 1 is 0.852 bits per heavy atom. The number of thioether (sulfide) groups is 1. The molecule has 1 N–H and O–H groups in total. The third-order valence-corrected chi connectivity index (χ3v) is 5.73. The van der Waals surface area contributed by atoms with E-state index in [-0.39, 0.29) is 17.2 Å². The first kappa shape index (κ1) is 19.2. The second-order valence-corrected chi connectivity index (χ2v) is 8.20. The molecule has 138 valence electrons. The fraction of sp³-hybridized carbons (Fsp3) is 0.208. The average Bonchev–Trinajstić information content (AvgIpc) is 2.69. The summed E-state index contributed by atoms with van der Waals surface area (Å²) in [5.74, 6) is 0.0395. The van der Waals surface area contributed by atoms with Gasteiger partial charge in [-0.15, -0.1) is 11.8 Å². The van der Waals surface area contributed by atoms with Crippen molar-refractivity contribution in [2.24, 2.45) is 0 Å². The van der Waals surface area contributed by atoms with Crippen molar-refractivity contribution in [3.8, 4) is 0 Å². The molecule has 0 saturated carbocycles. The number of carbonyl (C=O) groups is 1. The van der Waals surface area contributed by atoms with Crippen molar-refractivity contribution >= 4 is 17.7 Å². The second-order valence-electron chi connectivity index (χ2n) is 6.78. The van der Waals surface area contributed by atoms with Gasteiger partial charge >= 0.3 is 0 Å². The smallest absolute Gasteiger partial charge is 0.233 e. The third-order valence-electron chi connectivity index (χ3n) is 4.62. The molecule has 2 atom stereocenters.